The molecule has 1 aliphatic heterocycles. The lowest BCUT2D eigenvalue weighted by Crippen LogP contribution is -2.27. The standard InChI is InChI=1S/C25H17Cl2IN2O5S2/c1-2-34-21-9-14(8-20(28)23(21)35-13-15-6-7-16(26)11-19(15)27)10-22-24(31)29(25(36)37-22)17-4-3-5-18(12-17)30(32)33/h3-12H,2,13H2,1H3/b22-10-. The van der Waals surface area contributed by atoms with E-state index in [4.69, 9.17) is 44.9 Å². The molecule has 3 aromatic carbocycles. The molecule has 0 unspecified atom stereocenters. The van der Waals surface area contributed by atoms with Crippen LogP contribution < -0.4 is 14.4 Å². The Morgan fingerprint density at radius 1 is 1.16 bits per heavy atom. The topological polar surface area (TPSA) is 81.9 Å². The van der Waals surface area contributed by atoms with E-state index in [1.807, 2.05) is 13.0 Å². The fourth-order valence-corrected chi connectivity index (χ4v) is 5.99. The average molecular weight is 687 g/mol. The lowest BCUT2D eigenvalue weighted by molar-refractivity contribution is -0.384. The van der Waals surface area contributed by atoms with E-state index in [9.17, 15) is 14.9 Å². The summed E-state index contributed by atoms with van der Waals surface area (Å²) < 4.78 is 12.9. The Morgan fingerprint density at radius 3 is 2.65 bits per heavy atom. The van der Waals surface area contributed by atoms with E-state index < -0.39 is 4.92 Å². The summed E-state index contributed by atoms with van der Waals surface area (Å²) in [5.74, 6) is 0.704. The minimum atomic E-state index is -0.515. The van der Waals surface area contributed by atoms with Crippen LogP contribution in [-0.2, 0) is 11.4 Å². The number of carbonyl (C=O) groups excluding carboxylic acids is 1. The number of rotatable bonds is 8. The van der Waals surface area contributed by atoms with Gasteiger partial charge in [0.1, 0.15) is 6.61 Å². The largest absolute Gasteiger partial charge is 0.490 e. The van der Waals surface area contributed by atoms with E-state index in [0.29, 0.717) is 44.3 Å². The number of halogens is 3. The van der Waals surface area contributed by atoms with Crippen LogP contribution in [-0.4, -0.2) is 21.8 Å². The molecule has 1 saturated heterocycles. The van der Waals surface area contributed by atoms with Crippen LogP contribution >= 0.6 is 69.8 Å². The Bertz CT molecular complexity index is 1450. The van der Waals surface area contributed by atoms with Crippen molar-refractivity contribution >= 4 is 97.5 Å². The number of amides is 1. The van der Waals surface area contributed by atoms with E-state index in [1.165, 1.54) is 23.1 Å². The predicted octanol–water partition coefficient (Wildman–Crippen LogP) is 7.89. The van der Waals surface area contributed by atoms with Crippen molar-refractivity contribution < 1.29 is 19.2 Å². The zero-order chi connectivity index (χ0) is 26.7. The Kier molecular flexibility index (Phi) is 8.96. The first-order valence-corrected chi connectivity index (χ1v) is 13.8. The SMILES string of the molecule is CCOc1cc(/C=C2\SC(=S)N(c3cccc([N+](=O)[O-])c3)C2=O)cc(I)c1OCc1ccc(Cl)cc1Cl. The molecule has 7 nitrogen and oxygen atoms in total. The number of thiocarbonyl (C=S) groups is 1. The normalized spacial score (nSPS) is 14.4. The van der Waals surface area contributed by atoms with Crippen molar-refractivity contribution in [3.8, 4) is 11.5 Å². The van der Waals surface area contributed by atoms with Crippen molar-refractivity contribution in [2.24, 2.45) is 0 Å². The van der Waals surface area contributed by atoms with Gasteiger partial charge in [-0.25, -0.2) is 0 Å². The highest BCUT2D eigenvalue weighted by Crippen LogP contribution is 2.40. The Labute approximate surface area is 246 Å². The van der Waals surface area contributed by atoms with E-state index in [2.05, 4.69) is 22.6 Å². The first kappa shape index (κ1) is 27.6. The monoisotopic (exact) mass is 686 g/mol. The lowest BCUT2D eigenvalue weighted by Gasteiger charge is -2.15. The Morgan fingerprint density at radius 2 is 1.95 bits per heavy atom. The van der Waals surface area contributed by atoms with Crippen molar-refractivity contribution in [2.45, 2.75) is 13.5 Å². The summed E-state index contributed by atoms with van der Waals surface area (Å²) in [4.78, 5) is 25.5. The van der Waals surface area contributed by atoms with Gasteiger partial charge in [-0.15, -0.1) is 0 Å². The molecular weight excluding hydrogens is 670 g/mol. The smallest absolute Gasteiger partial charge is 0.271 e. The second kappa shape index (κ2) is 12.0. The summed E-state index contributed by atoms with van der Waals surface area (Å²) in [5.41, 5.74) is 1.71. The van der Waals surface area contributed by atoms with Gasteiger partial charge in [-0.05, 0) is 71.5 Å². The van der Waals surface area contributed by atoms with Gasteiger partial charge in [0, 0.05) is 27.7 Å². The van der Waals surface area contributed by atoms with Crippen LogP contribution in [0, 0.1) is 13.7 Å². The minimum absolute atomic E-state index is 0.123. The van der Waals surface area contributed by atoms with Crippen molar-refractivity contribution in [1.29, 1.82) is 0 Å². The van der Waals surface area contributed by atoms with Crippen molar-refractivity contribution in [3.05, 3.63) is 94.4 Å². The van der Waals surface area contributed by atoms with Crippen LogP contribution in [0.1, 0.15) is 18.1 Å². The van der Waals surface area contributed by atoms with Gasteiger partial charge in [0.05, 0.1) is 25.7 Å². The highest BCUT2D eigenvalue weighted by atomic mass is 127. The number of nitro benzene ring substituents is 1. The molecule has 1 heterocycles. The van der Waals surface area contributed by atoms with Gasteiger partial charge in [-0.2, -0.15) is 0 Å². The number of hydrogen-bond acceptors (Lipinski definition) is 7. The molecule has 1 amide bonds. The summed E-state index contributed by atoms with van der Waals surface area (Å²) in [7, 11) is 0. The second-order valence-electron chi connectivity index (χ2n) is 7.58. The maximum Gasteiger partial charge on any atom is 0.271 e. The van der Waals surface area contributed by atoms with Crippen molar-refractivity contribution in [2.75, 3.05) is 11.5 Å². The molecule has 1 aliphatic rings. The number of nitro groups is 1. The summed E-state index contributed by atoms with van der Waals surface area (Å²) >= 11 is 20.9. The fourth-order valence-electron chi connectivity index (χ4n) is 3.45. The zero-order valence-corrected chi connectivity index (χ0v) is 24.4. The molecular formula is C25H17Cl2IN2O5S2. The molecule has 0 radical (unpaired) electrons. The highest BCUT2D eigenvalue weighted by Gasteiger charge is 2.34. The van der Waals surface area contributed by atoms with E-state index in [-0.39, 0.29) is 22.5 Å². The number of non-ortho nitro benzene ring substituents is 1. The molecule has 3 aromatic rings. The van der Waals surface area contributed by atoms with Crippen LogP contribution in [0.15, 0.2) is 59.5 Å². The molecule has 37 heavy (non-hydrogen) atoms. The molecule has 0 atom stereocenters. The van der Waals surface area contributed by atoms with Gasteiger partial charge in [-0.3, -0.25) is 19.8 Å². The van der Waals surface area contributed by atoms with Gasteiger partial charge >= 0.3 is 0 Å². The second-order valence-corrected chi connectivity index (χ2v) is 11.3. The summed E-state index contributed by atoms with van der Waals surface area (Å²) in [6, 6.07) is 14.7. The number of benzene rings is 3. The number of thioether (sulfide) groups is 1. The minimum Gasteiger partial charge on any atom is -0.490 e. The molecule has 1 fully saturated rings. The summed E-state index contributed by atoms with van der Waals surface area (Å²) in [5, 5.41) is 12.2. The molecule has 12 heteroatoms. The quantitative estimate of drug-likeness (QED) is 0.0784. The zero-order valence-electron chi connectivity index (χ0n) is 19.1. The summed E-state index contributed by atoms with van der Waals surface area (Å²) in [6.45, 7) is 2.49. The first-order valence-electron chi connectivity index (χ1n) is 10.7. The number of anilines is 1. The van der Waals surface area contributed by atoms with Gasteiger partial charge in [0.2, 0.25) is 0 Å². The number of hydrogen-bond donors (Lipinski definition) is 0. The lowest BCUT2D eigenvalue weighted by atomic mass is 10.1. The molecule has 0 aromatic heterocycles. The average Bonchev–Trinajstić information content (AvgIpc) is 3.12. The van der Waals surface area contributed by atoms with Crippen molar-refractivity contribution in [1.82, 2.24) is 0 Å². The number of carbonyl (C=O) groups is 1. The van der Waals surface area contributed by atoms with Gasteiger partial charge in [0.15, 0.2) is 15.8 Å². The third kappa shape index (κ3) is 6.37. The van der Waals surface area contributed by atoms with E-state index >= 15 is 0 Å². The fraction of sp³-hybridized carbons (Fsp3) is 0.120. The molecule has 190 valence electrons. The van der Waals surface area contributed by atoms with Crippen LogP contribution in [0.5, 0.6) is 11.5 Å². The van der Waals surface area contributed by atoms with E-state index in [0.717, 1.165) is 20.9 Å². The van der Waals surface area contributed by atoms with Gasteiger partial charge in [-0.1, -0.05) is 59.3 Å². The molecule has 0 spiro atoms. The molecule has 0 N–H and O–H groups in total. The highest BCUT2D eigenvalue weighted by molar-refractivity contribution is 14.1. The first-order chi connectivity index (χ1) is 17.7. The van der Waals surface area contributed by atoms with Crippen LogP contribution in [0.2, 0.25) is 10.0 Å². The molecule has 4 rings (SSSR count). The maximum atomic E-state index is 13.2. The van der Waals surface area contributed by atoms with Gasteiger partial charge < -0.3 is 9.47 Å². The van der Waals surface area contributed by atoms with Crippen LogP contribution in [0.3, 0.4) is 0 Å². The Balaban J connectivity index is 1.61. The number of ether oxygens (including phenoxy) is 2. The molecule has 0 aliphatic carbocycles. The van der Waals surface area contributed by atoms with Gasteiger partial charge in [0.25, 0.3) is 11.6 Å². The number of nitrogens with zero attached hydrogens (tertiary/aromatic N) is 2. The van der Waals surface area contributed by atoms with Crippen LogP contribution in [0.4, 0.5) is 11.4 Å². The Hall–Kier alpha value is -2.38. The molecule has 0 saturated carbocycles. The van der Waals surface area contributed by atoms with Crippen LogP contribution in [0.25, 0.3) is 6.08 Å². The third-order valence-electron chi connectivity index (χ3n) is 5.11. The maximum absolute atomic E-state index is 13.2. The summed E-state index contributed by atoms with van der Waals surface area (Å²) in [6.07, 6.45) is 1.71. The third-order valence-corrected chi connectivity index (χ3v) is 7.80. The van der Waals surface area contributed by atoms with Crippen molar-refractivity contribution in [3.63, 3.8) is 0 Å². The molecule has 0 bridgehead atoms. The van der Waals surface area contributed by atoms with E-state index in [1.54, 1.807) is 36.4 Å². The predicted molar refractivity (Wildman–Crippen MR) is 160 cm³/mol.